The van der Waals surface area contributed by atoms with E-state index in [9.17, 15) is 4.79 Å². The van der Waals surface area contributed by atoms with Crippen LogP contribution in [0.5, 0.6) is 5.75 Å². The van der Waals surface area contributed by atoms with Crippen LogP contribution < -0.4 is 10.1 Å². The summed E-state index contributed by atoms with van der Waals surface area (Å²) >= 11 is 5.85. The Morgan fingerprint density at radius 2 is 1.81 bits per heavy atom. The first-order chi connectivity index (χ1) is 12.5. The van der Waals surface area contributed by atoms with E-state index in [-0.39, 0.29) is 11.9 Å². The zero-order valence-electron chi connectivity index (χ0n) is 14.6. The van der Waals surface area contributed by atoms with E-state index < -0.39 is 6.10 Å². The first kappa shape index (κ1) is 18.0. The lowest BCUT2D eigenvalue weighted by molar-refractivity contribution is -0.127. The van der Waals surface area contributed by atoms with E-state index in [2.05, 4.69) is 10.3 Å². The molecule has 3 aromatic rings. The minimum atomic E-state index is -0.608. The lowest BCUT2D eigenvalue weighted by Gasteiger charge is -2.19. The Labute approximate surface area is 157 Å². The number of nitrogens with one attached hydrogen (secondary N) is 1. The standard InChI is InChI=1S/C20H20ClN3O2/c1-14(16-3-7-18(8-4-16)24-12-11-22-13-24)23-20(25)15(2)26-19-9-5-17(21)6-10-19/h3-15H,1-2H3,(H,23,25)/t14-,15+/m1/s1. The van der Waals surface area contributed by atoms with Crippen LogP contribution in [-0.4, -0.2) is 21.6 Å². The summed E-state index contributed by atoms with van der Waals surface area (Å²) in [5, 5.41) is 3.60. The molecule has 26 heavy (non-hydrogen) atoms. The summed E-state index contributed by atoms with van der Waals surface area (Å²) < 4.78 is 7.58. The molecule has 1 amide bonds. The van der Waals surface area contributed by atoms with Crippen molar-refractivity contribution in [2.75, 3.05) is 0 Å². The summed E-state index contributed by atoms with van der Waals surface area (Å²) in [5.74, 6) is 0.431. The fourth-order valence-corrected chi connectivity index (χ4v) is 2.66. The molecular formula is C20H20ClN3O2. The highest BCUT2D eigenvalue weighted by Crippen LogP contribution is 2.18. The molecule has 134 valence electrons. The first-order valence-corrected chi connectivity index (χ1v) is 8.71. The van der Waals surface area contributed by atoms with E-state index in [1.165, 1.54) is 0 Å². The van der Waals surface area contributed by atoms with Gasteiger partial charge in [-0.1, -0.05) is 23.7 Å². The van der Waals surface area contributed by atoms with Crippen molar-refractivity contribution in [1.82, 2.24) is 14.9 Å². The molecule has 2 aromatic carbocycles. The van der Waals surface area contributed by atoms with Crippen molar-refractivity contribution >= 4 is 17.5 Å². The second kappa shape index (κ2) is 8.06. The first-order valence-electron chi connectivity index (χ1n) is 8.34. The van der Waals surface area contributed by atoms with Gasteiger partial charge in [-0.15, -0.1) is 0 Å². The molecule has 0 saturated carbocycles. The topological polar surface area (TPSA) is 56.1 Å². The number of ether oxygens (including phenoxy) is 1. The van der Waals surface area contributed by atoms with Crippen molar-refractivity contribution in [3.05, 3.63) is 77.8 Å². The fraction of sp³-hybridized carbons (Fsp3) is 0.200. The van der Waals surface area contributed by atoms with Gasteiger partial charge in [-0.05, 0) is 55.8 Å². The fourth-order valence-electron chi connectivity index (χ4n) is 2.53. The molecule has 5 nitrogen and oxygen atoms in total. The van der Waals surface area contributed by atoms with E-state index in [4.69, 9.17) is 16.3 Å². The molecule has 0 saturated heterocycles. The molecule has 1 heterocycles. The average Bonchev–Trinajstić information content (AvgIpc) is 3.18. The van der Waals surface area contributed by atoms with Gasteiger partial charge in [0.2, 0.25) is 0 Å². The molecule has 6 heteroatoms. The molecule has 0 unspecified atom stereocenters. The maximum Gasteiger partial charge on any atom is 0.261 e. The number of halogens is 1. The third-order valence-corrected chi connectivity index (χ3v) is 4.30. The molecule has 3 rings (SSSR count). The zero-order chi connectivity index (χ0) is 18.5. The van der Waals surface area contributed by atoms with Crippen LogP contribution in [0.25, 0.3) is 5.69 Å². The summed E-state index contributed by atoms with van der Waals surface area (Å²) in [4.78, 5) is 16.4. The highest BCUT2D eigenvalue weighted by atomic mass is 35.5. The maximum atomic E-state index is 12.4. The molecule has 1 N–H and O–H groups in total. The number of carbonyl (C=O) groups is 1. The third kappa shape index (κ3) is 4.43. The van der Waals surface area contributed by atoms with E-state index in [1.54, 1.807) is 43.7 Å². The SMILES string of the molecule is C[C@H](Oc1ccc(Cl)cc1)C(=O)N[C@H](C)c1ccc(-n2ccnc2)cc1. The predicted octanol–water partition coefficient (Wildman–Crippen LogP) is 4.17. The molecule has 0 aliphatic rings. The number of aromatic nitrogens is 2. The van der Waals surface area contributed by atoms with Crippen molar-refractivity contribution < 1.29 is 9.53 Å². The average molecular weight is 370 g/mol. The Kier molecular flexibility index (Phi) is 5.58. The number of imidazole rings is 1. The Morgan fingerprint density at radius 1 is 1.12 bits per heavy atom. The van der Waals surface area contributed by atoms with Crippen LogP contribution in [0.1, 0.15) is 25.5 Å². The summed E-state index contributed by atoms with van der Waals surface area (Å²) in [7, 11) is 0. The van der Waals surface area contributed by atoms with Gasteiger partial charge in [-0.2, -0.15) is 0 Å². The van der Waals surface area contributed by atoms with Crippen molar-refractivity contribution in [2.24, 2.45) is 0 Å². The third-order valence-electron chi connectivity index (χ3n) is 4.05. The molecule has 0 spiro atoms. The van der Waals surface area contributed by atoms with Gasteiger partial charge in [-0.3, -0.25) is 4.79 Å². The second-order valence-corrected chi connectivity index (χ2v) is 6.44. The van der Waals surface area contributed by atoms with E-state index in [1.807, 2.05) is 42.0 Å². The monoisotopic (exact) mass is 369 g/mol. The van der Waals surface area contributed by atoms with Gasteiger partial charge < -0.3 is 14.6 Å². The molecule has 1 aromatic heterocycles. The highest BCUT2D eigenvalue weighted by molar-refractivity contribution is 6.30. The smallest absolute Gasteiger partial charge is 0.261 e. The van der Waals surface area contributed by atoms with Crippen molar-refractivity contribution in [3.63, 3.8) is 0 Å². The second-order valence-electron chi connectivity index (χ2n) is 6.01. The number of benzene rings is 2. The van der Waals surface area contributed by atoms with Crippen molar-refractivity contribution in [2.45, 2.75) is 26.0 Å². The molecule has 0 radical (unpaired) electrons. The summed E-state index contributed by atoms with van der Waals surface area (Å²) in [5.41, 5.74) is 2.03. The number of rotatable bonds is 6. The van der Waals surface area contributed by atoms with Crippen molar-refractivity contribution in [3.8, 4) is 11.4 Å². The number of hydrogen-bond acceptors (Lipinski definition) is 3. The molecule has 0 bridgehead atoms. The highest BCUT2D eigenvalue weighted by Gasteiger charge is 2.17. The van der Waals surface area contributed by atoms with Crippen LogP contribution in [0, 0.1) is 0 Å². The van der Waals surface area contributed by atoms with Crippen LogP contribution >= 0.6 is 11.6 Å². The van der Waals surface area contributed by atoms with Gasteiger partial charge >= 0.3 is 0 Å². The number of carbonyl (C=O) groups excluding carboxylic acids is 1. The predicted molar refractivity (Wildman–Crippen MR) is 102 cm³/mol. The molecule has 0 fully saturated rings. The normalized spacial score (nSPS) is 13.0. The Bertz CT molecular complexity index is 846. The van der Waals surface area contributed by atoms with Gasteiger partial charge in [0.1, 0.15) is 5.75 Å². The van der Waals surface area contributed by atoms with Crippen LogP contribution in [-0.2, 0) is 4.79 Å². The largest absolute Gasteiger partial charge is 0.481 e. The number of nitrogens with zero attached hydrogens (tertiary/aromatic N) is 2. The van der Waals surface area contributed by atoms with Gasteiger partial charge in [0.15, 0.2) is 6.10 Å². The van der Waals surface area contributed by atoms with Gasteiger partial charge in [-0.25, -0.2) is 4.98 Å². The number of amides is 1. The van der Waals surface area contributed by atoms with Gasteiger partial charge in [0.25, 0.3) is 5.91 Å². The Hall–Kier alpha value is -2.79. The molecule has 0 aliphatic carbocycles. The maximum absolute atomic E-state index is 12.4. The minimum absolute atomic E-state index is 0.129. The summed E-state index contributed by atoms with van der Waals surface area (Å²) in [6, 6.07) is 14.8. The van der Waals surface area contributed by atoms with Crippen LogP contribution in [0.3, 0.4) is 0 Å². The molecule has 2 atom stereocenters. The van der Waals surface area contributed by atoms with E-state index in [0.29, 0.717) is 10.8 Å². The van der Waals surface area contributed by atoms with Crippen LogP contribution in [0.4, 0.5) is 0 Å². The summed E-state index contributed by atoms with van der Waals surface area (Å²) in [6.07, 6.45) is 4.76. The van der Waals surface area contributed by atoms with Crippen LogP contribution in [0.2, 0.25) is 5.02 Å². The lowest BCUT2D eigenvalue weighted by Crippen LogP contribution is -2.37. The minimum Gasteiger partial charge on any atom is -0.481 e. The van der Waals surface area contributed by atoms with E-state index >= 15 is 0 Å². The van der Waals surface area contributed by atoms with Crippen LogP contribution in [0.15, 0.2) is 67.3 Å². The van der Waals surface area contributed by atoms with Crippen molar-refractivity contribution in [1.29, 1.82) is 0 Å². The Morgan fingerprint density at radius 3 is 2.42 bits per heavy atom. The zero-order valence-corrected chi connectivity index (χ0v) is 15.4. The van der Waals surface area contributed by atoms with Gasteiger partial charge in [0.05, 0.1) is 12.4 Å². The van der Waals surface area contributed by atoms with E-state index in [0.717, 1.165) is 11.3 Å². The van der Waals surface area contributed by atoms with Gasteiger partial charge in [0, 0.05) is 23.1 Å². The molecular weight excluding hydrogens is 350 g/mol. The summed E-state index contributed by atoms with van der Waals surface area (Å²) in [6.45, 7) is 3.66. The molecule has 0 aliphatic heterocycles. The Balaban J connectivity index is 1.58. The number of hydrogen-bond donors (Lipinski definition) is 1. The quantitative estimate of drug-likeness (QED) is 0.709. The lowest BCUT2D eigenvalue weighted by atomic mass is 10.1.